The molecule has 0 aromatic carbocycles. The highest BCUT2D eigenvalue weighted by molar-refractivity contribution is 5.82. The molecular weight excluding hydrogens is 142 g/mol. The first-order valence-electron chi connectivity index (χ1n) is 3.96. The third-order valence-electron chi connectivity index (χ3n) is 2.56. The molecule has 5 N–H and O–H groups in total. The van der Waals surface area contributed by atoms with Gasteiger partial charge in [-0.25, -0.2) is 5.84 Å². The third kappa shape index (κ3) is 1.36. The van der Waals surface area contributed by atoms with E-state index < -0.39 is 0 Å². The zero-order chi connectivity index (χ0) is 8.32. The van der Waals surface area contributed by atoms with Gasteiger partial charge in [-0.15, -0.1) is 0 Å². The van der Waals surface area contributed by atoms with Gasteiger partial charge in [0.1, 0.15) is 0 Å². The fraction of sp³-hybridized carbons (Fsp3) is 0.857. The van der Waals surface area contributed by atoms with Gasteiger partial charge in [0, 0.05) is 6.54 Å². The van der Waals surface area contributed by atoms with Crippen LogP contribution < -0.4 is 17.0 Å². The number of hydrazine groups is 1. The molecule has 0 aromatic heterocycles. The minimum absolute atomic E-state index is 0.0995. The minimum atomic E-state index is -0.352. The first-order chi connectivity index (χ1) is 5.25. The highest BCUT2D eigenvalue weighted by atomic mass is 16.2. The van der Waals surface area contributed by atoms with E-state index in [1.807, 2.05) is 0 Å². The van der Waals surface area contributed by atoms with Crippen molar-refractivity contribution in [2.24, 2.45) is 17.0 Å². The van der Waals surface area contributed by atoms with Gasteiger partial charge in [0.25, 0.3) is 0 Å². The molecule has 0 aliphatic heterocycles. The number of hydrogen-bond donors (Lipinski definition) is 3. The van der Waals surface area contributed by atoms with Crippen LogP contribution in [0, 0.1) is 5.41 Å². The molecule has 0 bridgehead atoms. The van der Waals surface area contributed by atoms with Crippen LogP contribution in [0.5, 0.6) is 0 Å². The summed E-state index contributed by atoms with van der Waals surface area (Å²) in [5, 5.41) is 0. The Morgan fingerprint density at radius 2 is 2.00 bits per heavy atom. The van der Waals surface area contributed by atoms with Crippen LogP contribution in [-0.2, 0) is 4.79 Å². The third-order valence-corrected chi connectivity index (χ3v) is 2.56. The summed E-state index contributed by atoms with van der Waals surface area (Å²) in [7, 11) is 0. The van der Waals surface area contributed by atoms with Gasteiger partial charge in [-0.2, -0.15) is 0 Å². The van der Waals surface area contributed by atoms with E-state index >= 15 is 0 Å². The smallest absolute Gasteiger partial charge is 0.241 e. The lowest BCUT2D eigenvalue weighted by Gasteiger charge is -2.23. The molecule has 0 heterocycles. The van der Waals surface area contributed by atoms with E-state index in [1.54, 1.807) is 0 Å². The Balaban J connectivity index is 2.66. The van der Waals surface area contributed by atoms with Crippen molar-refractivity contribution in [2.75, 3.05) is 6.54 Å². The fourth-order valence-corrected chi connectivity index (χ4v) is 1.73. The topological polar surface area (TPSA) is 81.1 Å². The Bertz CT molecular complexity index is 152. The van der Waals surface area contributed by atoms with Crippen LogP contribution in [0.3, 0.4) is 0 Å². The van der Waals surface area contributed by atoms with E-state index in [1.165, 1.54) is 0 Å². The Hall–Kier alpha value is -0.610. The number of carbonyl (C=O) groups is 1. The van der Waals surface area contributed by atoms with Gasteiger partial charge < -0.3 is 5.73 Å². The molecule has 1 aliphatic carbocycles. The molecule has 4 heteroatoms. The Morgan fingerprint density at radius 3 is 2.36 bits per heavy atom. The second kappa shape index (κ2) is 3.19. The lowest BCUT2D eigenvalue weighted by molar-refractivity contribution is -0.130. The average molecular weight is 157 g/mol. The highest BCUT2D eigenvalue weighted by Gasteiger charge is 2.39. The van der Waals surface area contributed by atoms with Crippen molar-refractivity contribution in [2.45, 2.75) is 25.7 Å². The van der Waals surface area contributed by atoms with Crippen LogP contribution in [0.4, 0.5) is 0 Å². The quantitative estimate of drug-likeness (QED) is 0.287. The maximum absolute atomic E-state index is 11.3. The molecule has 0 atom stereocenters. The molecule has 1 aliphatic rings. The monoisotopic (exact) mass is 157 g/mol. The van der Waals surface area contributed by atoms with E-state index in [0.717, 1.165) is 25.7 Å². The minimum Gasteiger partial charge on any atom is -0.329 e. The molecule has 1 saturated carbocycles. The van der Waals surface area contributed by atoms with Crippen LogP contribution in [-0.4, -0.2) is 12.5 Å². The zero-order valence-electron chi connectivity index (χ0n) is 6.60. The molecule has 0 radical (unpaired) electrons. The molecule has 1 fully saturated rings. The van der Waals surface area contributed by atoms with Crippen molar-refractivity contribution in [3.63, 3.8) is 0 Å². The van der Waals surface area contributed by atoms with E-state index in [-0.39, 0.29) is 11.3 Å². The molecule has 0 unspecified atom stereocenters. The summed E-state index contributed by atoms with van der Waals surface area (Å²) in [6, 6.07) is 0. The van der Waals surface area contributed by atoms with Gasteiger partial charge >= 0.3 is 0 Å². The van der Waals surface area contributed by atoms with Crippen LogP contribution in [0.1, 0.15) is 25.7 Å². The van der Waals surface area contributed by atoms with E-state index in [2.05, 4.69) is 5.43 Å². The molecule has 1 rings (SSSR count). The average Bonchev–Trinajstić information content (AvgIpc) is 2.52. The summed E-state index contributed by atoms with van der Waals surface area (Å²) in [6.45, 7) is 0.413. The molecular formula is C7H15N3O. The summed E-state index contributed by atoms with van der Waals surface area (Å²) in [6.07, 6.45) is 3.94. The molecule has 0 spiro atoms. The second-order valence-electron chi connectivity index (χ2n) is 3.17. The van der Waals surface area contributed by atoms with Crippen LogP contribution >= 0.6 is 0 Å². The molecule has 4 nitrogen and oxygen atoms in total. The summed E-state index contributed by atoms with van der Waals surface area (Å²) in [4.78, 5) is 11.3. The summed E-state index contributed by atoms with van der Waals surface area (Å²) in [5.74, 6) is 4.96. The maximum Gasteiger partial charge on any atom is 0.241 e. The van der Waals surface area contributed by atoms with Gasteiger partial charge in [-0.05, 0) is 12.8 Å². The van der Waals surface area contributed by atoms with Gasteiger partial charge in [-0.1, -0.05) is 12.8 Å². The number of hydrogen-bond acceptors (Lipinski definition) is 3. The van der Waals surface area contributed by atoms with Crippen molar-refractivity contribution in [1.82, 2.24) is 5.43 Å². The summed E-state index contributed by atoms with van der Waals surface area (Å²) < 4.78 is 0. The first kappa shape index (κ1) is 8.49. The lowest BCUT2D eigenvalue weighted by atomic mass is 9.85. The zero-order valence-corrected chi connectivity index (χ0v) is 6.60. The van der Waals surface area contributed by atoms with Gasteiger partial charge in [0.2, 0.25) is 5.91 Å². The normalized spacial score (nSPS) is 21.6. The fourth-order valence-electron chi connectivity index (χ4n) is 1.73. The van der Waals surface area contributed by atoms with Gasteiger partial charge in [-0.3, -0.25) is 10.2 Å². The van der Waals surface area contributed by atoms with Crippen molar-refractivity contribution >= 4 is 5.91 Å². The maximum atomic E-state index is 11.3. The first-order valence-corrected chi connectivity index (χ1v) is 3.96. The summed E-state index contributed by atoms with van der Waals surface area (Å²) in [5.41, 5.74) is 7.36. The van der Waals surface area contributed by atoms with E-state index in [4.69, 9.17) is 11.6 Å². The van der Waals surface area contributed by atoms with Crippen molar-refractivity contribution < 1.29 is 4.79 Å². The molecule has 64 valence electrons. The number of carbonyl (C=O) groups excluding carboxylic acids is 1. The van der Waals surface area contributed by atoms with Crippen molar-refractivity contribution in [1.29, 1.82) is 0 Å². The lowest BCUT2D eigenvalue weighted by Crippen LogP contribution is -2.46. The van der Waals surface area contributed by atoms with Crippen molar-refractivity contribution in [3.05, 3.63) is 0 Å². The van der Waals surface area contributed by atoms with Crippen LogP contribution in [0.2, 0.25) is 0 Å². The molecule has 11 heavy (non-hydrogen) atoms. The predicted octanol–water partition coefficient (Wildman–Crippen LogP) is -0.505. The van der Waals surface area contributed by atoms with Gasteiger partial charge in [0.15, 0.2) is 0 Å². The van der Waals surface area contributed by atoms with Crippen molar-refractivity contribution in [3.8, 4) is 0 Å². The Labute approximate surface area is 66.3 Å². The summed E-state index contributed by atoms with van der Waals surface area (Å²) >= 11 is 0. The number of nitrogens with two attached hydrogens (primary N) is 2. The molecule has 0 saturated heterocycles. The molecule has 0 aromatic rings. The highest BCUT2D eigenvalue weighted by Crippen LogP contribution is 2.36. The van der Waals surface area contributed by atoms with Crippen LogP contribution in [0.15, 0.2) is 0 Å². The standard InChI is InChI=1S/C7H15N3O/c8-5-7(6(11)10-9)3-1-2-4-7/h1-5,8-9H2,(H,10,11). The van der Waals surface area contributed by atoms with Crippen LogP contribution in [0.25, 0.3) is 0 Å². The largest absolute Gasteiger partial charge is 0.329 e. The number of rotatable bonds is 2. The Kier molecular flexibility index (Phi) is 2.46. The second-order valence-corrected chi connectivity index (χ2v) is 3.17. The number of nitrogens with one attached hydrogen (secondary N) is 1. The predicted molar refractivity (Wildman–Crippen MR) is 42.3 cm³/mol. The van der Waals surface area contributed by atoms with E-state index in [9.17, 15) is 4.79 Å². The van der Waals surface area contributed by atoms with E-state index in [0.29, 0.717) is 6.54 Å². The SMILES string of the molecule is NCC1(C(=O)NN)CCCC1. The van der Waals surface area contributed by atoms with Gasteiger partial charge in [0.05, 0.1) is 5.41 Å². The Morgan fingerprint density at radius 1 is 1.45 bits per heavy atom. The molecule has 1 amide bonds. The number of amides is 1.